The number of carbonyl (C=O) groups excluding carboxylic acids is 2. The molecule has 3 rings (SSSR count). The van der Waals surface area contributed by atoms with E-state index in [9.17, 15) is 9.59 Å². The number of amides is 2. The van der Waals surface area contributed by atoms with Gasteiger partial charge in [-0.1, -0.05) is 68.4 Å². The third-order valence-electron chi connectivity index (χ3n) is 5.09. The summed E-state index contributed by atoms with van der Waals surface area (Å²) < 4.78 is 5.89. The highest BCUT2D eigenvalue weighted by Gasteiger charge is 2.43. The smallest absolute Gasteiger partial charge is 0.251 e. The fraction of sp³-hybridized carbons (Fsp3) is 0.391. The summed E-state index contributed by atoms with van der Waals surface area (Å²) in [4.78, 5) is 26.6. The summed E-state index contributed by atoms with van der Waals surface area (Å²) in [6.45, 7) is 5.02. The Morgan fingerprint density at radius 1 is 1.11 bits per heavy atom. The molecule has 2 amide bonds. The third-order valence-corrected chi connectivity index (χ3v) is 5.09. The molecule has 28 heavy (non-hydrogen) atoms. The van der Waals surface area contributed by atoms with Gasteiger partial charge in [-0.15, -0.1) is 0 Å². The van der Waals surface area contributed by atoms with Gasteiger partial charge in [0.25, 0.3) is 5.91 Å². The molecule has 2 aromatic rings. The first-order valence-electron chi connectivity index (χ1n) is 9.75. The average molecular weight is 380 g/mol. The van der Waals surface area contributed by atoms with E-state index in [4.69, 9.17) is 10.5 Å². The van der Waals surface area contributed by atoms with Crippen molar-refractivity contribution in [3.63, 3.8) is 0 Å². The molecule has 0 aliphatic carbocycles. The Bertz CT molecular complexity index is 835. The van der Waals surface area contributed by atoms with Crippen LogP contribution >= 0.6 is 0 Å². The van der Waals surface area contributed by atoms with Crippen LogP contribution in [0, 0.1) is 5.92 Å². The fourth-order valence-corrected chi connectivity index (χ4v) is 3.64. The quantitative estimate of drug-likeness (QED) is 0.837. The molecule has 5 heteroatoms. The second-order valence-corrected chi connectivity index (χ2v) is 7.86. The Labute approximate surface area is 166 Å². The van der Waals surface area contributed by atoms with E-state index in [-0.39, 0.29) is 18.4 Å². The maximum absolute atomic E-state index is 12.5. The van der Waals surface area contributed by atoms with Gasteiger partial charge in [-0.2, -0.15) is 0 Å². The number of morpholine rings is 1. The molecule has 0 bridgehead atoms. The number of primary amides is 1. The largest absolute Gasteiger partial charge is 0.367 e. The first kappa shape index (κ1) is 20.1. The van der Waals surface area contributed by atoms with E-state index in [1.54, 1.807) is 4.90 Å². The van der Waals surface area contributed by atoms with Crippen LogP contribution in [0.1, 0.15) is 25.8 Å². The highest BCUT2D eigenvalue weighted by atomic mass is 16.5. The summed E-state index contributed by atoms with van der Waals surface area (Å²) in [6.07, 6.45) is 0.798. The van der Waals surface area contributed by atoms with Crippen LogP contribution in [-0.2, 0) is 20.7 Å². The lowest BCUT2D eigenvalue weighted by Crippen LogP contribution is -2.61. The van der Waals surface area contributed by atoms with Gasteiger partial charge < -0.3 is 15.4 Å². The van der Waals surface area contributed by atoms with Crippen LogP contribution in [0.25, 0.3) is 11.1 Å². The lowest BCUT2D eigenvalue weighted by Gasteiger charge is -2.41. The van der Waals surface area contributed by atoms with Gasteiger partial charge in [-0.05, 0) is 22.6 Å². The van der Waals surface area contributed by atoms with Crippen LogP contribution < -0.4 is 5.73 Å². The molecule has 1 atom stereocenters. The Kier molecular flexibility index (Phi) is 6.15. The zero-order valence-electron chi connectivity index (χ0n) is 16.6. The molecule has 148 valence electrons. The number of hydrogen-bond donors (Lipinski definition) is 1. The molecule has 0 aromatic heterocycles. The first-order valence-corrected chi connectivity index (χ1v) is 9.75. The molecule has 1 saturated heterocycles. The first-order chi connectivity index (χ1) is 13.4. The maximum Gasteiger partial charge on any atom is 0.251 e. The summed E-state index contributed by atoms with van der Waals surface area (Å²) in [5.74, 6) is -0.220. The number of carbonyl (C=O) groups is 2. The molecule has 2 N–H and O–H groups in total. The van der Waals surface area contributed by atoms with Crippen LogP contribution in [0.4, 0.5) is 0 Å². The molecule has 1 heterocycles. The minimum atomic E-state index is -1.19. The van der Waals surface area contributed by atoms with Gasteiger partial charge >= 0.3 is 0 Å². The van der Waals surface area contributed by atoms with Gasteiger partial charge in [0.1, 0.15) is 0 Å². The molecule has 2 aromatic carbocycles. The minimum absolute atomic E-state index is 0.0435. The fourth-order valence-electron chi connectivity index (χ4n) is 3.64. The summed E-state index contributed by atoms with van der Waals surface area (Å²) in [6, 6.07) is 18.1. The van der Waals surface area contributed by atoms with Crippen molar-refractivity contribution in [2.75, 3.05) is 19.7 Å². The van der Waals surface area contributed by atoms with E-state index in [2.05, 4.69) is 6.07 Å². The molecule has 1 fully saturated rings. The van der Waals surface area contributed by atoms with E-state index in [0.29, 0.717) is 26.0 Å². The minimum Gasteiger partial charge on any atom is -0.367 e. The van der Waals surface area contributed by atoms with Crippen molar-refractivity contribution in [3.05, 3.63) is 60.2 Å². The van der Waals surface area contributed by atoms with Crippen LogP contribution in [0.3, 0.4) is 0 Å². The van der Waals surface area contributed by atoms with Crippen molar-refractivity contribution < 1.29 is 14.3 Å². The lowest BCUT2D eigenvalue weighted by atomic mass is 9.90. The van der Waals surface area contributed by atoms with Gasteiger partial charge in [-0.3, -0.25) is 9.59 Å². The number of nitrogens with zero attached hydrogens (tertiary/aromatic N) is 1. The van der Waals surface area contributed by atoms with Gasteiger partial charge in [0.2, 0.25) is 5.91 Å². The second kappa shape index (κ2) is 8.57. The Morgan fingerprint density at radius 2 is 1.82 bits per heavy atom. The predicted molar refractivity (Wildman–Crippen MR) is 109 cm³/mol. The number of hydrogen-bond acceptors (Lipinski definition) is 3. The highest BCUT2D eigenvalue weighted by molar-refractivity contribution is 5.86. The molecule has 0 spiro atoms. The number of nitrogens with two attached hydrogens (primary N) is 1. The van der Waals surface area contributed by atoms with Crippen molar-refractivity contribution in [2.45, 2.75) is 32.3 Å². The van der Waals surface area contributed by atoms with Crippen molar-refractivity contribution in [2.24, 2.45) is 11.7 Å². The maximum atomic E-state index is 12.5. The van der Waals surface area contributed by atoms with Gasteiger partial charge in [0.15, 0.2) is 5.60 Å². The Morgan fingerprint density at radius 3 is 2.50 bits per heavy atom. The van der Waals surface area contributed by atoms with Crippen molar-refractivity contribution in [1.82, 2.24) is 4.90 Å². The van der Waals surface area contributed by atoms with Crippen molar-refractivity contribution in [3.8, 4) is 11.1 Å². The molecular formula is C23H28N2O3. The molecule has 0 radical (unpaired) electrons. The van der Waals surface area contributed by atoms with Crippen LogP contribution in [0.15, 0.2) is 54.6 Å². The Hall–Kier alpha value is -2.66. The number of benzene rings is 2. The van der Waals surface area contributed by atoms with Gasteiger partial charge in [-0.25, -0.2) is 0 Å². The third kappa shape index (κ3) is 4.60. The topological polar surface area (TPSA) is 72.6 Å². The molecular weight excluding hydrogens is 352 g/mol. The molecule has 1 aliphatic heterocycles. The van der Waals surface area contributed by atoms with Crippen LogP contribution in [0.2, 0.25) is 0 Å². The molecule has 0 saturated carbocycles. The summed E-state index contributed by atoms with van der Waals surface area (Å²) in [7, 11) is 0. The lowest BCUT2D eigenvalue weighted by molar-refractivity contribution is -0.163. The van der Waals surface area contributed by atoms with Crippen molar-refractivity contribution in [1.29, 1.82) is 0 Å². The average Bonchev–Trinajstić information content (AvgIpc) is 2.68. The zero-order chi connectivity index (χ0) is 20.1. The zero-order valence-corrected chi connectivity index (χ0v) is 16.6. The Balaban J connectivity index is 1.83. The molecule has 5 nitrogen and oxygen atoms in total. The number of ether oxygens (including phenoxy) is 1. The SMILES string of the molecule is CC(C)CC(=O)N1CCO[C@](Cc2cccc(-c3ccccc3)c2)(C(N)=O)C1. The van der Waals surface area contributed by atoms with E-state index >= 15 is 0 Å². The second-order valence-electron chi connectivity index (χ2n) is 7.86. The standard InChI is InChI=1S/C23H28N2O3/c1-17(2)13-21(26)25-11-12-28-23(16-25,22(24)27)15-18-7-6-10-20(14-18)19-8-4-3-5-9-19/h3-10,14,17H,11-13,15-16H2,1-2H3,(H2,24,27)/t23-/m0/s1. The van der Waals surface area contributed by atoms with E-state index < -0.39 is 11.5 Å². The summed E-state index contributed by atoms with van der Waals surface area (Å²) in [5.41, 5.74) is 7.70. The van der Waals surface area contributed by atoms with E-state index in [1.807, 2.05) is 62.4 Å². The summed E-state index contributed by atoms with van der Waals surface area (Å²) >= 11 is 0. The number of rotatable bonds is 6. The van der Waals surface area contributed by atoms with E-state index in [0.717, 1.165) is 16.7 Å². The van der Waals surface area contributed by atoms with Gasteiger partial charge in [0, 0.05) is 19.4 Å². The van der Waals surface area contributed by atoms with Gasteiger partial charge in [0.05, 0.1) is 13.2 Å². The normalized spacial score (nSPS) is 19.6. The highest BCUT2D eigenvalue weighted by Crippen LogP contribution is 2.27. The summed E-state index contributed by atoms with van der Waals surface area (Å²) in [5, 5.41) is 0. The monoisotopic (exact) mass is 380 g/mol. The van der Waals surface area contributed by atoms with Crippen LogP contribution in [-0.4, -0.2) is 42.0 Å². The van der Waals surface area contributed by atoms with Crippen LogP contribution in [0.5, 0.6) is 0 Å². The predicted octanol–water partition coefficient (Wildman–Crippen LogP) is 3.03. The molecule has 1 aliphatic rings. The van der Waals surface area contributed by atoms with E-state index in [1.165, 1.54) is 0 Å². The molecule has 0 unspecified atom stereocenters. The van der Waals surface area contributed by atoms with Crippen molar-refractivity contribution >= 4 is 11.8 Å².